The average Bonchev–Trinajstić information content (AvgIpc) is 3.01. The minimum Gasteiger partial charge on any atom is -0.358 e. The number of hydrazine groups is 1. The van der Waals surface area contributed by atoms with Gasteiger partial charge in [0.05, 0.1) is 5.52 Å². The van der Waals surface area contributed by atoms with Gasteiger partial charge in [0, 0.05) is 11.4 Å². The molecule has 1 heterocycles. The number of aromatic nitrogens is 2. The van der Waals surface area contributed by atoms with Crippen LogP contribution in [0.3, 0.4) is 0 Å². The number of thiocarbonyl (C=S) groups is 1. The van der Waals surface area contributed by atoms with Gasteiger partial charge in [-0.25, -0.2) is 0 Å². The summed E-state index contributed by atoms with van der Waals surface area (Å²) in [7, 11) is 0. The minimum atomic E-state index is -0.318. The van der Waals surface area contributed by atoms with Crippen molar-refractivity contribution in [2.75, 3.05) is 0 Å². The van der Waals surface area contributed by atoms with E-state index in [9.17, 15) is 4.79 Å². The van der Waals surface area contributed by atoms with Crippen LogP contribution in [-0.2, 0) is 0 Å². The topological polar surface area (TPSA) is 81.8 Å². The molecule has 1 aromatic heterocycles. The van der Waals surface area contributed by atoms with Crippen molar-refractivity contribution >= 4 is 34.1 Å². The molecule has 128 valence electrons. The summed E-state index contributed by atoms with van der Waals surface area (Å²) in [5.74, 6) is 0.926. The second-order valence-electron chi connectivity index (χ2n) is 6.54. The maximum atomic E-state index is 12.3. The van der Waals surface area contributed by atoms with E-state index in [2.05, 4.69) is 40.2 Å². The van der Waals surface area contributed by atoms with E-state index < -0.39 is 0 Å². The molecule has 0 unspecified atom stereocenters. The number of para-hydroxylation sites is 1. The van der Waals surface area contributed by atoms with Crippen molar-refractivity contribution in [1.29, 1.82) is 0 Å². The number of carbonyl (C=O) groups is 1. The van der Waals surface area contributed by atoms with E-state index in [1.807, 2.05) is 24.3 Å². The van der Waals surface area contributed by atoms with Gasteiger partial charge in [-0.05, 0) is 36.5 Å². The normalized spacial score (nSPS) is 23.7. The Labute approximate surface area is 146 Å². The molecule has 3 atom stereocenters. The fourth-order valence-corrected chi connectivity index (χ4v) is 3.50. The molecule has 0 aliphatic heterocycles. The summed E-state index contributed by atoms with van der Waals surface area (Å²) >= 11 is 5.30. The average molecular weight is 345 g/mol. The Kier molecular flexibility index (Phi) is 4.99. The van der Waals surface area contributed by atoms with Crippen LogP contribution >= 0.6 is 12.2 Å². The van der Waals surface area contributed by atoms with E-state index in [1.165, 1.54) is 12.8 Å². The van der Waals surface area contributed by atoms with Crippen LogP contribution in [0.5, 0.6) is 0 Å². The van der Waals surface area contributed by atoms with Gasteiger partial charge in [-0.15, -0.1) is 0 Å². The third kappa shape index (κ3) is 3.51. The van der Waals surface area contributed by atoms with Gasteiger partial charge in [0.25, 0.3) is 5.91 Å². The zero-order chi connectivity index (χ0) is 17.1. The summed E-state index contributed by atoms with van der Waals surface area (Å²) < 4.78 is 0. The van der Waals surface area contributed by atoms with Crippen LogP contribution in [0.1, 0.15) is 43.6 Å². The van der Waals surface area contributed by atoms with Crippen molar-refractivity contribution in [3.63, 3.8) is 0 Å². The third-order valence-electron chi connectivity index (χ3n) is 5.00. The van der Waals surface area contributed by atoms with Crippen molar-refractivity contribution in [3.8, 4) is 0 Å². The number of amides is 1. The lowest BCUT2D eigenvalue weighted by molar-refractivity contribution is 0.0939. The molecule has 1 saturated carbocycles. The minimum absolute atomic E-state index is 0.318. The third-order valence-corrected chi connectivity index (χ3v) is 5.22. The summed E-state index contributed by atoms with van der Waals surface area (Å²) in [6, 6.07) is 7.85. The van der Waals surface area contributed by atoms with Crippen LogP contribution < -0.4 is 16.2 Å². The van der Waals surface area contributed by atoms with Gasteiger partial charge < -0.3 is 5.32 Å². The predicted octanol–water partition coefficient (Wildman–Crippen LogP) is 2.50. The van der Waals surface area contributed by atoms with Gasteiger partial charge in [0.2, 0.25) is 0 Å². The molecule has 0 bridgehead atoms. The first-order chi connectivity index (χ1) is 11.6. The fraction of sp³-hybridized carbons (Fsp3) is 0.471. The zero-order valence-corrected chi connectivity index (χ0v) is 14.7. The first-order valence-corrected chi connectivity index (χ1v) is 8.77. The number of carbonyl (C=O) groups excluding carboxylic acids is 1. The highest BCUT2D eigenvalue weighted by atomic mass is 32.1. The molecule has 0 radical (unpaired) electrons. The second-order valence-corrected chi connectivity index (χ2v) is 6.95. The molecule has 0 spiro atoms. The number of hydrogen-bond donors (Lipinski definition) is 4. The van der Waals surface area contributed by atoms with Gasteiger partial charge in [-0.2, -0.15) is 5.10 Å². The smallest absolute Gasteiger partial charge is 0.290 e. The number of nitrogens with one attached hydrogen (secondary N) is 4. The number of benzene rings is 1. The van der Waals surface area contributed by atoms with Crippen LogP contribution in [0.4, 0.5) is 0 Å². The Hall–Kier alpha value is -2.15. The SMILES string of the molecule is C[C@@H]1[C@@H](C)CCC[C@H]1NC(=S)NNC(=O)c1n[nH]c2ccccc12. The number of H-pyrrole nitrogens is 1. The largest absolute Gasteiger partial charge is 0.358 e. The van der Waals surface area contributed by atoms with Gasteiger partial charge in [-0.1, -0.05) is 44.9 Å². The first-order valence-electron chi connectivity index (χ1n) is 8.36. The summed E-state index contributed by atoms with van der Waals surface area (Å²) in [5.41, 5.74) is 6.58. The molecule has 24 heavy (non-hydrogen) atoms. The zero-order valence-electron chi connectivity index (χ0n) is 13.9. The molecule has 0 saturated heterocycles. The van der Waals surface area contributed by atoms with Crippen molar-refractivity contribution < 1.29 is 4.79 Å². The van der Waals surface area contributed by atoms with Crippen LogP contribution in [0.2, 0.25) is 0 Å². The van der Waals surface area contributed by atoms with Crippen molar-refractivity contribution in [1.82, 2.24) is 26.4 Å². The quantitative estimate of drug-likeness (QED) is 0.497. The Morgan fingerprint density at radius 2 is 2.04 bits per heavy atom. The molecule has 1 amide bonds. The molecule has 7 heteroatoms. The Morgan fingerprint density at radius 3 is 2.88 bits per heavy atom. The highest BCUT2D eigenvalue weighted by Crippen LogP contribution is 2.29. The van der Waals surface area contributed by atoms with Gasteiger partial charge in [0.1, 0.15) is 0 Å². The Balaban J connectivity index is 1.55. The van der Waals surface area contributed by atoms with E-state index in [-0.39, 0.29) is 5.91 Å². The van der Waals surface area contributed by atoms with Crippen molar-refractivity contribution in [2.24, 2.45) is 11.8 Å². The van der Waals surface area contributed by atoms with E-state index in [0.29, 0.717) is 28.7 Å². The van der Waals surface area contributed by atoms with E-state index in [4.69, 9.17) is 12.2 Å². The van der Waals surface area contributed by atoms with Crippen LogP contribution in [0, 0.1) is 11.8 Å². The molecule has 1 aliphatic rings. The lowest BCUT2D eigenvalue weighted by Crippen LogP contribution is -2.52. The molecule has 1 aliphatic carbocycles. The number of fused-ring (bicyclic) bond motifs is 1. The maximum absolute atomic E-state index is 12.3. The monoisotopic (exact) mass is 345 g/mol. The molecule has 3 rings (SSSR count). The Bertz CT molecular complexity index is 743. The molecule has 6 nitrogen and oxygen atoms in total. The first kappa shape index (κ1) is 16.7. The summed E-state index contributed by atoms with van der Waals surface area (Å²) in [5, 5.41) is 11.5. The van der Waals surface area contributed by atoms with E-state index in [1.54, 1.807) is 0 Å². The fourth-order valence-electron chi connectivity index (χ4n) is 3.30. The van der Waals surface area contributed by atoms with Crippen molar-refractivity contribution in [3.05, 3.63) is 30.0 Å². The molecule has 1 aromatic carbocycles. The lowest BCUT2D eigenvalue weighted by Gasteiger charge is -2.35. The molecule has 4 N–H and O–H groups in total. The summed E-state index contributed by atoms with van der Waals surface area (Å²) in [6.07, 6.45) is 3.57. The lowest BCUT2D eigenvalue weighted by atomic mass is 9.78. The van der Waals surface area contributed by atoms with Crippen LogP contribution in [0.25, 0.3) is 10.9 Å². The summed E-state index contributed by atoms with van der Waals surface area (Å²) in [4.78, 5) is 12.3. The van der Waals surface area contributed by atoms with Gasteiger partial charge in [0.15, 0.2) is 10.8 Å². The molecular weight excluding hydrogens is 322 g/mol. The number of rotatable bonds is 2. The molecular formula is C17H23N5OS. The number of aromatic amines is 1. The second kappa shape index (κ2) is 7.17. The van der Waals surface area contributed by atoms with E-state index in [0.717, 1.165) is 17.3 Å². The summed E-state index contributed by atoms with van der Waals surface area (Å²) in [6.45, 7) is 4.53. The number of hydrogen-bond acceptors (Lipinski definition) is 3. The molecule has 2 aromatic rings. The van der Waals surface area contributed by atoms with E-state index >= 15 is 0 Å². The Morgan fingerprint density at radius 1 is 1.25 bits per heavy atom. The highest BCUT2D eigenvalue weighted by Gasteiger charge is 2.27. The van der Waals surface area contributed by atoms with Gasteiger partial charge >= 0.3 is 0 Å². The van der Waals surface area contributed by atoms with Crippen molar-refractivity contribution in [2.45, 2.75) is 39.2 Å². The highest BCUT2D eigenvalue weighted by molar-refractivity contribution is 7.80. The van der Waals surface area contributed by atoms with Gasteiger partial charge in [-0.3, -0.25) is 20.7 Å². The predicted molar refractivity (Wildman–Crippen MR) is 98.4 cm³/mol. The standard InChI is InChI=1S/C17H23N5OS/c1-10-6-5-9-13(11(10)2)18-17(24)22-21-16(23)15-12-7-3-4-8-14(12)19-20-15/h3-4,7-8,10-11,13H,5-6,9H2,1-2H3,(H,19,20)(H,21,23)(H2,18,22,24)/t10-,11+,13+/m0/s1. The maximum Gasteiger partial charge on any atom is 0.290 e. The van der Waals surface area contributed by atoms with Crippen LogP contribution in [0.15, 0.2) is 24.3 Å². The molecule has 1 fully saturated rings. The van der Waals surface area contributed by atoms with Crippen LogP contribution in [-0.4, -0.2) is 27.3 Å². The number of nitrogens with zero attached hydrogens (tertiary/aromatic N) is 1.